The van der Waals surface area contributed by atoms with Crippen LogP contribution in [0, 0.1) is 5.41 Å². The number of carboxylic acids is 2. The topological polar surface area (TPSA) is 74.6 Å². The number of carbonyl (C=O) groups is 2. The van der Waals surface area contributed by atoms with E-state index < -0.39 is 17.4 Å². The summed E-state index contributed by atoms with van der Waals surface area (Å²) in [5, 5.41) is 18.2. The zero-order valence-corrected chi connectivity index (χ0v) is 10.2. The molecule has 0 amide bonds. The molecule has 0 heterocycles. The molecule has 0 aliphatic carbocycles. The summed E-state index contributed by atoms with van der Waals surface area (Å²) >= 11 is 0. The van der Waals surface area contributed by atoms with Crippen LogP contribution in [0.15, 0.2) is 0 Å². The van der Waals surface area contributed by atoms with Gasteiger partial charge in [0.2, 0.25) is 0 Å². The minimum atomic E-state index is -1.57. The van der Waals surface area contributed by atoms with Gasteiger partial charge in [-0.3, -0.25) is 9.59 Å². The Morgan fingerprint density at radius 1 is 0.882 bits per heavy atom. The molecule has 0 aromatic carbocycles. The monoisotopic (exact) mass is 370 g/mol. The molecule has 0 aliphatic rings. The molecule has 0 saturated heterocycles. The molecule has 0 spiro atoms. The van der Waals surface area contributed by atoms with E-state index in [9.17, 15) is 9.59 Å². The Morgan fingerprint density at radius 3 is 1.76 bits per heavy atom. The van der Waals surface area contributed by atoms with Gasteiger partial charge in [-0.15, -0.1) is 0 Å². The van der Waals surface area contributed by atoms with E-state index in [1.54, 1.807) is 0 Å². The van der Waals surface area contributed by atoms with Crippen LogP contribution in [0.4, 0.5) is 0 Å². The number of unbranched alkanes of at least 4 members (excludes halogenated alkanes) is 3. The van der Waals surface area contributed by atoms with Crippen molar-refractivity contribution in [2.24, 2.45) is 5.41 Å². The van der Waals surface area contributed by atoms with Gasteiger partial charge in [0.1, 0.15) is 0 Å². The molecule has 0 saturated carbocycles. The van der Waals surface area contributed by atoms with Gasteiger partial charge in [0.05, 0.1) is 0 Å². The standard InChI is InChI=1S/C12H22O4.Ba.2H/c1-3-5-6-7-9-12(8-4-2,10(13)14)11(15)16;;;/h3-9H2,1-2H3,(H,13,14)(H,15,16);;;. The van der Waals surface area contributed by atoms with E-state index >= 15 is 0 Å². The quantitative estimate of drug-likeness (QED) is 0.370. The summed E-state index contributed by atoms with van der Waals surface area (Å²) in [6.45, 7) is 3.88. The number of rotatable bonds is 9. The molecule has 0 aromatic heterocycles. The number of hydrogen-bond donors (Lipinski definition) is 2. The van der Waals surface area contributed by atoms with Gasteiger partial charge in [-0.25, -0.2) is 0 Å². The van der Waals surface area contributed by atoms with Crippen molar-refractivity contribution in [3.05, 3.63) is 0 Å². The summed E-state index contributed by atoms with van der Waals surface area (Å²) in [6, 6.07) is 0. The number of aliphatic carboxylic acids is 2. The molecule has 17 heavy (non-hydrogen) atoms. The predicted molar refractivity (Wildman–Crippen MR) is 69.9 cm³/mol. The molecule has 5 heteroatoms. The number of hydrogen-bond acceptors (Lipinski definition) is 2. The van der Waals surface area contributed by atoms with Crippen LogP contribution in [0.25, 0.3) is 0 Å². The van der Waals surface area contributed by atoms with Gasteiger partial charge in [0.15, 0.2) is 5.41 Å². The molecule has 0 unspecified atom stereocenters. The van der Waals surface area contributed by atoms with Gasteiger partial charge < -0.3 is 10.2 Å². The summed E-state index contributed by atoms with van der Waals surface area (Å²) in [6.07, 6.45) is 4.69. The van der Waals surface area contributed by atoms with Crippen molar-refractivity contribution < 1.29 is 19.8 Å². The molecule has 98 valence electrons. The van der Waals surface area contributed by atoms with Crippen molar-refractivity contribution in [1.82, 2.24) is 0 Å². The van der Waals surface area contributed by atoms with E-state index in [4.69, 9.17) is 10.2 Å². The predicted octanol–water partition coefficient (Wildman–Crippen LogP) is 2.00. The molecule has 0 atom stereocenters. The van der Waals surface area contributed by atoms with E-state index in [1.165, 1.54) is 0 Å². The first-order valence-corrected chi connectivity index (χ1v) is 5.98. The van der Waals surface area contributed by atoms with Crippen LogP contribution in [0.3, 0.4) is 0 Å². The van der Waals surface area contributed by atoms with Gasteiger partial charge in [0.25, 0.3) is 0 Å². The molecule has 0 bridgehead atoms. The van der Waals surface area contributed by atoms with Crippen molar-refractivity contribution in [2.75, 3.05) is 0 Å². The Kier molecular flexibility index (Phi) is 12.2. The van der Waals surface area contributed by atoms with E-state index in [0.29, 0.717) is 12.8 Å². The molecular weight excluding hydrogens is 345 g/mol. The fraction of sp³-hybridized carbons (Fsp3) is 0.833. The first-order chi connectivity index (χ1) is 7.51. The Morgan fingerprint density at radius 2 is 1.41 bits per heavy atom. The van der Waals surface area contributed by atoms with Crippen LogP contribution in [0.1, 0.15) is 58.8 Å². The molecule has 0 radical (unpaired) electrons. The van der Waals surface area contributed by atoms with Crippen LogP contribution in [0.5, 0.6) is 0 Å². The summed E-state index contributed by atoms with van der Waals surface area (Å²) in [5.74, 6) is -2.39. The summed E-state index contributed by atoms with van der Waals surface area (Å²) in [4.78, 5) is 22.3. The molecule has 0 aromatic rings. The zero-order chi connectivity index (χ0) is 12.6. The van der Waals surface area contributed by atoms with Crippen LogP contribution in [-0.4, -0.2) is 71.0 Å². The Labute approximate surface area is 143 Å². The molecule has 4 nitrogen and oxygen atoms in total. The third kappa shape index (κ3) is 6.29. The van der Waals surface area contributed by atoms with Gasteiger partial charge in [-0.05, 0) is 12.8 Å². The maximum absolute atomic E-state index is 11.1. The molecule has 0 fully saturated rings. The summed E-state index contributed by atoms with van der Waals surface area (Å²) in [7, 11) is 0. The third-order valence-electron chi connectivity index (χ3n) is 2.95. The fourth-order valence-corrected chi connectivity index (χ4v) is 1.92. The van der Waals surface area contributed by atoms with Crippen molar-refractivity contribution in [2.45, 2.75) is 58.8 Å². The zero-order valence-electron chi connectivity index (χ0n) is 10.2. The van der Waals surface area contributed by atoms with Crippen molar-refractivity contribution in [1.29, 1.82) is 0 Å². The van der Waals surface area contributed by atoms with E-state index in [0.717, 1.165) is 19.3 Å². The molecule has 0 aliphatic heterocycles. The third-order valence-corrected chi connectivity index (χ3v) is 2.95. The van der Waals surface area contributed by atoms with Crippen LogP contribution in [-0.2, 0) is 9.59 Å². The van der Waals surface area contributed by atoms with E-state index in [-0.39, 0.29) is 61.7 Å². The second-order valence-electron chi connectivity index (χ2n) is 4.25. The van der Waals surface area contributed by atoms with Crippen molar-refractivity contribution in [3.8, 4) is 0 Å². The summed E-state index contributed by atoms with van der Waals surface area (Å²) in [5.41, 5.74) is -1.57. The Hall–Kier alpha value is 0.511. The molecule has 2 N–H and O–H groups in total. The maximum atomic E-state index is 11.1. The van der Waals surface area contributed by atoms with Gasteiger partial charge >= 0.3 is 60.8 Å². The van der Waals surface area contributed by atoms with Gasteiger partial charge in [0, 0.05) is 0 Å². The van der Waals surface area contributed by atoms with Gasteiger partial charge in [-0.1, -0.05) is 46.0 Å². The Bertz CT molecular complexity index is 227. The van der Waals surface area contributed by atoms with E-state index in [2.05, 4.69) is 6.92 Å². The first kappa shape index (κ1) is 19.8. The minimum absolute atomic E-state index is 0. The fourth-order valence-electron chi connectivity index (χ4n) is 1.92. The average molecular weight is 370 g/mol. The van der Waals surface area contributed by atoms with E-state index in [1.807, 2.05) is 6.92 Å². The first-order valence-electron chi connectivity index (χ1n) is 5.98. The Balaban J connectivity index is 0. The van der Waals surface area contributed by atoms with Crippen LogP contribution >= 0.6 is 0 Å². The van der Waals surface area contributed by atoms with Crippen LogP contribution in [0.2, 0.25) is 0 Å². The van der Waals surface area contributed by atoms with Crippen LogP contribution < -0.4 is 0 Å². The SMILES string of the molecule is CCCCCCC(CCC)(C(=O)O)C(=O)O.[BaH2]. The average Bonchev–Trinajstić information content (AvgIpc) is 2.21. The summed E-state index contributed by atoms with van der Waals surface area (Å²) < 4.78 is 0. The molecular formula is C12H24BaO4. The van der Waals surface area contributed by atoms with Crippen molar-refractivity contribution >= 4 is 60.8 Å². The van der Waals surface area contributed by atoms with Gasteiger partial charge in [-0.2, -0.15) is 0 Å². The van der Waals surface area contributed by atoms with Crippen molar-refractivity contribution in [3.63, 3.8) is 0 Å². The number of carboxylic acid groups (broad SMARTS) is 2. The second kappa shape index (κ2) is 10.4. The normalized spacial score (nSPS) is 10.7. The molecule has 0 rings (SSSR count). The second-order valence-corrected chi connectivity index (χ2v) is 4.25.